The van der Waals surface area contributed by atoms with Crippen molar-refractivity contribution in [2.24, 2.45) is 0 Å². The number of hydrogen-bond donors (Lipinski definition) is 1. The Morgan fingerprint density at radius 2 is 1.85 bits per heavy atom. The molecule has 0 fully saturated rings. The van der Waals surface area contributed by atoms with Gasteiger partial charge >= 0.3 is 5.91 Å². The van der Waals surface area contributed by atoms with E-state index in [0.29, 0.717) is 43.1 Å². The highest BCUT2D eigenvalue weighted by molar-refractivity contribution is 5.94. The van der Waals surface area contributed by atoms with E-state index in [2.05, 4.69) is 21.8 Å². The molecule has 1 aliphatic rings. The first-order chi connectivity index (χ1) is 19.3. The van der Waals surface area contributed by atoms with Crippen LogP contribution >= 0.6 is 0 Å². The minimum Gasteiger partial charge on any atom is -0.484 e. The number of hydrogen-bond acceptors (Lipinski definition) is 5. The smallest absolute Gasteiger partial charge is 0.411 e. The molecule has 4 rings (SSSR count). The number of ether oxygens (including phenoxy) is 1. The van der Waals surface area contributed by atoms with E-state index in [1.807, 2.05) is 32.0 Å². The molecule has 2 heterocycles. The van der Waals surface area contributed by atoms with Crippen molar-refractivity contribution in [3.05, 3.63) is 108 Å². The molecule has 3 aromatic rings. The molecule has 2 amide bonds. The fourth-order valence-electron chi connectivity index (χ4n) is 4.85. The summed E-state index contributed by atoms with van der Waals surface area (Å²) < 4.78 is 22.6. The molecule has 8 heteroatoms. The van der Waals surface area contributed by atoms with Crippen LogP contribution in [-0.2, 0) is 4.79 Å². The summed E-state index contributed by atoms with van der Waals surface area (Å²) in [5, 5.41) is 3.08. The summed E-state index contributed by atoms with van der Waals surface area (Å²) in [6.07, 6.45) is 5.05. The third-order valence-electron chi connectivity index (χ3n) is 7.20. The second-order valence-corrected chi connectivity index (χ2v) is 10.0. The van der Waals surface area contributed by atoms with Crippen LogP contribution in [0.25, 0.3) is 0 Å². The van der Waals surface area contributed by atoms with Gasteiger partial charge in [0.05, 0.1) is 19.1 Å². The Hall–Kier alpha value is -4.17. The van der Waals surface area contributed by atoms with Gasteiger partial charge < -0.3 is 10.1 Å². The SMILES string of the molecule is C=CC(=O)[N+]1=C(C)CN(C[C@@H](Oc2ccc(C(=O)N[C@H](CC)c3ccncc3)cc2)c2ccc(C)c(F)c2)CC1. The van der Waals surface area contributed by atoms with Crippen LogP contribution in [0.3, 0.4) is 0 Å². The number of nitrogens with one attached hydrogen (secondary N) is 1. The molecule has 0 saturated heterocycles. The van der Waals surface area contributed by atoms with Gasteiger partial charge in [0.1, 0.15) is 17.7 Å². The second kappa shape index (κ2) is 13.3. The summed E-state index contributed by atoms with van der Waals surface area (Å²) >= 11 is 0. The molecule has 0 unspecified atom stereocenters. The van der Waals surface area contributed by atoms with Crippen LogP contribution in [0.5, 0.6) is 5.75 Å². The molecule has 1 N–H and O–H groups in total. The largest absolute Gasteiger partial charge is 0.484 e. The quantitative estimate of drug-likeness (QED) is 0.287. The van der Waals surface area contributed by atoms with Crippen LogP contribution in [-0.4, -0.2) is 58.2 Å². The molecular formula is C32H36FN4O3+. The van der Waals surface area contributed by atoms with Crippen LogP contribution < -0.4 is 10.1 Å². The van der Waals surface area contributed by atoms with Crippen LogP contribution in [0.1, 0.15) is 59.5 Å². The Morgan fingerprint density at radius 3 is 2.48 bits per heavy atom. The van der Waals surface area contributed by atoms with E-state index in [4.69, 9.17) is 4.74 Å². The number of carbonyl (C=O) groups excluding carboxylic acids is 2. The highest BCUT2D eigenvalue weighted by atomic mass is 19.1. The van der Waals surface area contributed by atoms with Crippen LogP contribution in [0.15, 0.2) is 79.6 Å². The average Bonchev–Trinajstić information content (AvgIpc) is 2.97. The normalized spacial score (nSPS) is 15.3. The predicted octanol–water partition coefficient (Wildman–Crippen LogP) is 5.03. The van der Waals surface area contributed by atoms with E-state index in [1.165, 1.54) is 12.1 Å². The van der Waals surface area contributed by atoms with Crippen molar-refractivity contribution in [2.45, 2.75) is 39.3 Å². The monoisotopic (exact) mass is 543 g/mol. The molecule has 0 spiro atoms. The van der Waals surface area contributed by atoms with Gasteiger partial charge in [-0.05, 0) is 72.5 Å². The Labute approximate surface area is 235 Å². The van der Waals surface area contributed by atoms with E-state index in [0.717, 1.165) is 23.3 Å². The van der Waals surface area contributed by atoms with Crippen molar-refractivity contribution < 1.29 is 23.3 Å². The van der Waals surface area contributed by atoms with E-state index in [1.54, 1.807) is 54.2 Å². The van der Waals surface area contributed by atoms with E-state index >= 15 is 0 Å². The lowest BCUT2D eigenvalue weighted by atomic mass is 10.0. The molecule has 208 valence electrons. The van der Waals surface area contributed by atoms with E-state index < -0.39 is 6.10 Å². The van der Waals surface area contributed by atoms with Gasteiger partial charge in [-0.2, -0.15) is 4.58 Å². The van der Waals surface area contributed by atoms with Gasteiger partial charge in [-0.1, -0.05) is 25.6 Å². The lowest BCUT2D eigenvalue weighted by molar-refractivity contribution is -0.451. The number of halogens is 1. The van der Waals surface area contributed by atoms with Gasteiger partial charge in [-0.25, -0.2) is 9.18 Å². The van der Waals surface area contributed by atoms with Gasteiger partial charge in [-0.15, -0.1) is 0 Å². The number of benzene rings is 2. The van der Waals surface area contributed by atoms with Gasteiger partial charge in [0, 0.05) is 37.5 Å². The first-order valence-electron chi connectivity index (χ1n) is 13.5. The van der Waals surface area contributed by atoms with Gasteiger partial charge in [0.15, 0.2) is 12.3 Å². The van der Waals surface area contributed by atoms with Crippen molar-refractivity contribution in [2.75, 3.05) is 26.2 Å². The summed E-state index contributed by atoms with van der Waals surface area (Å²) in [7, 11) is 0. The average molecular weight is 544 g/mol. The topological polar surface area (TPSA) is 74.5 Å². The lowest BCUT2D eigenvalue weighted by Gasteiger charge is -2.29. The summed E-state index contributed by atoms with van der Waals surface area (Å²) in [5.74, 6) is -0.00198. The van der Waals surface area contributed by atoms with E-state index in [9.17, 15) is 14.0 Å². The summed E-state index contributed by atoms with van der Waals surface area (Å²) in [5.41, 5.74) is 3.73. The number of aromatic nitrogens is 1. The van der Waals surface area contributed by atoms with Gasteiger partial charge in [0.2, 0.25) is 0 Å². The first-order valence-corrected chi connectivity index (χ1v) is 13.5. The molecule has 7 nitrogen and oxygen atoms in total. The lowest BCUT2D eigenvalue weighted by Crippen LogP contribution is -2.47. The number of aryl methyl sites for hydroxylation is 1. The van der Waals surface area contributed by atoms with Crippen molar-refractivity contribution in [1.82, 2.24) is 15.2 Å². The van der Waals surface area contributed by atoms with Crippen LogP contribution in [0.4, 0.5) is 4.39 Å². The maximum Gasteiger partial charge on any atom is 0.411 e. The van der Waals surface area contributed by atoms with Crippen molar-refractivity contribution in [3.8, 4) is 5.75 Å². The number of rotatable bonds is 10. The fraction of sp³-hybridized carbons (Fsp3) is 0.312. The third kappa shape index (κ3) is 7.07. The predicted molar refractivity (Wildman–Crippen MR) is 153 cm³/mol. The summed E-state index contributed by atoms with van der Waals surface area (Å²) in [6.45, 7) is 11.6. The molecule has 0 radical (unpaired) electrons. The molecule has 0 bridgehead atoms. The fourth-order valence-corrected chi connectivity index (χ4v) is 4.85. The zero-order valence-electron chi connectivity index (χ0n) is 23.3. The molecule has 0 saturated carbocycles. The highest BCUT2D eigenvalue weighted by Crippen LogP contribution is 2.26. The minimum atomic E-state index is -0.458. The maximum absolute atomic E-state index is 14.5. The van der Waals surface area contributed by atoms with Crippen LogP contribution in [0.2, 0.25) is 0 Å². The Kier molecular flexibility index (Phi) is 9.56. The molecule has 1 aliphatic heterocycles. The van der Waals surface area contributed by atoms with Crippen LogP contribution in [0, 0.1) is 12.7 Å². The zero-order chi connectivity index (χ0) is 28.6. The molecule has 40 heavy (non-hydrogen) atoms. The Morgan fingerprint density at radius 1 is 1.12 bits per heavy atom. The minimum absolute atomic E-state index is 0.110. The van der Waals surface area contributed by atoms with Crippen molar-refractivity contribution >= 4 is 17.5 Å². The number of amides is 2. The number of carbonyl (C=O) groups is 2. The van der Waals surface area contributed by atoms with Gasteiger partial charge in [0.25, 0.3) is 5.91 Å². The summed E-state index contributed by atoms with van der Waals surface area (Å²) in [6, 6.07) is 15.8. The number of nitrogens with zero attached hydrogens (tertiary/aromatic N) is 3. The molecule has 0 aliphatic carbocycles. The number of pyridine rings is 1. The molecule has 2 aromatic carbocycles. The first kappa shape index (κ1) is 28.8. The Bertz CT molecular complexity index is 1390. The van der Waals surface area contributed by atoms with E-state index in [-0.39, 0.29) is 23.7 Å². The molecular weight excluding hydrogens is 507 g/mol. The molecule has 2 atom stereocenters. The van der Waals surface area contributed by atoms with Crippen molar-refractivity contribution in [3.63, 3.8) is 0 Å². The zero-order valence-corrected chi connectivity index (χ0v) is 23.3. The van der Waals surface area contributed by atoms with Crippen molar-refractivity contribution in [1.29, 1.82) is 0 Å². The standard InChI is InChI=1S/C32H35FN4O3/c1-5-29(24-13-15-34-16-14-24)35-32(39)25-9-11-27(12-10-25)40-30(26-8-7-22(3)28(33)19-26)21-36-17-18-37(23(4)20-36)31(38)6-2/h6-16,19,29-30H,2,5,17-18,20-21H2,1,3-4H3/p+1/t29-,30-/m1/s1. The summed E-state index contributed by atoms with van der Waals surface area (Å²) in [4.78, 5) is 31.3. The maximum atomic E-state index is 14.5. The highest BCUT2D eigenvalue weighted by Gasteiger charge is 2.29. The molecule has 1 aromatic heterocycles. The Balaban J connectivity index is 1.49. The third-order valence-corrected chi connectivity index (χ3v) is 7.20. The van der Waals surface area contributed by atoms with Gasteiger partial charge in [-0.3, -0.25) is 14.7 Å². The second-order valence-electron chi connectivity index (χ2n) is 10.0.